The third kappa shape index (κ3) is 5.77. The van der Waals surface area contributed by atoms with Gasteiger partial charge in [-0.3, -0.25) is 0 Å². The van der Waals surface area contributed by atoms with Crippen LogP contribution in [0.5, 0.6) is 0 Å². The minimum absolute atomic E-state index is 0.719. The third-order valence-corrected chi connectivity index (χ3v) is 7.70. The first-order chi connectivity index (χ1) is 21.2. The van der Waals surface area contributed by atoms with Crippen LogP contribution in [0.4, 0.5) is 0 Å². The molecule has 1 aromatic heterocycles. The van der Waals surface area contributed by atoms with Crippen molar-refractivity contribution in [3.05, 3.63) is 169 Å². The van der Waals surface area contributed by atoms with Crippen LogP contribution in [0, 0.1) is 6.92 Å². The van der Waals surface area contributed by atoms with E-state index in [0.717, 1.165) is 61.7 Å². The van der Waals surface area contributed by atoms with Gasteiger partial charge < -0.3 is 0 Å². The molecule has 0 aliphatic heterocycles. The van der Waals surface area contributed by atoms with E-state index < -0.39 is 0 Å². The van der Waals surface area contributed by atoms with Crippen LogP contribution in [0.1, 0.15) is 5.69 Å². The molecule has 0 aliphatic carbocycles. The summed E-state index contributed by atoms with van der Waals surface area (Å²) < 4.78 is 0. The molecule has 7 aromatic rings. The van der Waals surface area contributed by atoms with Gasteiger partial charge in [-0.15, -0.1) is 0 Å². The Balaban J connectivity index is 1.40. The van der Waals surface area contributed by atoms with E-state index in [1.807, 2.05) is 6.92 Å². The summed E-state index contributed by atoms with van der Waals surface area (Å²) in [6.07, 6.45) is 0. The van der Waals surface area contributed by atoms with E-state index in [9.17, 15) is 0 Å². The number of aromatic nitrogens is 2. The molecule has 2 nitrogen and oxygen atoms in total. The Morgan fingerprint density at radius 2 is 0.628 bits per heavy atom. The molecule has 0 N–H and O–H groups in total. The summed E-state index contributed by atoms with van der Waals surface area (Å²) in [6.45, 7) is 2.05. The van der Waals surface area contributed by atoms with Crippen molar-refractivity contribution < 1.29 is 0 Å². The molecule has 0 saturated heterocycles. The van der Waals surface area contributed by atoms with Gasteiger partial charge in [0, 0.05) is 16.8 Å². The van der Waals surface area contributed by atoms with E-state index >= 15 is 0 Å². The van der Waals surface area contributed by atoms with E-state index in [-0.39, 0.29) is 0 Å². The van der Waals surface area contributed by atoms with Crippen LogP contribution in [0.25, 0.3) is 67.2 Å². The lowest BCUT2D eigenvalue weighted by molar-refractivity contribution is 1.12. The quantitative estimate of drug-likeness (QED) is 0.206. The average Bonchev–Trinajstić information content (AvgIpc) is 3.09. The topological polar surface area (TPSA) is 25.8 Å². The average molecular weight is 551 g/mol. The number of nitrogens with zero attached hydrogens (tertiary/aromatic N) is 2. The summed E-state index contributed by atoms with van der Waals surface area (Å²) in [6, 6.07) is 57.6. The molecule has 204 valence electrons. The molecule has 0 aliphatic rings. The summed E-state index contributed by atoms with van der Waals surface area (Å²) in [4.78, 5) is 10.2. The molecule has 0 saturated carbocycles. The molecule has 6 aromatic carbocycles. The van der Waals surface area contributed by atoms with E-state index in [0.29, 0.717) is 0 Å². The zero-order valence-corrected chi connectivity index (χ0v) is 24.0. The van der Waals surface area contributed by atoms with Gasteiger partial charge in [0.25, 0.3) is 0 Å². The van der Waals surface area contributed by atoms with Crippen LogP contribution in [0.3, 0.4) is 0 Å². The molecule has 0 atom stereocenters. The largest absolute Gasteiger partial charge is 0.233 e. The number of aryl methyl sites for hydroxylation is 1. The predicted molar refractivity (Wildman–Crippen MR) is 179 cm³/mol. The van der Waals surface area contributed by atoms with Crippen LogP contribution in [0.15, 0.2) is 164 Å². The lowest BCUT2D eigenvalue weighted by atomic mass is 9.94. The lowest BCUT2D eigenvalue weighted by Crippen LogP contribution is -1.97. The maximum atomic E-state index is 5.20. The van der Waals surface area contributed by atoms with Crippen molar-refractivity contribution in [1.82, 2.24) is 9.97 Å². The minimum atomic E-state index is 0.719. The molecule has 0 bridgehead atoms. The molecule has 2 heteroatoms. The second kappa shape index (κ2) is 11.7. The van der Waals surface area contributed by atoms with E-state index in [1.54, 1.807) is 0 Å². The van der Waals surface area contributed by atoms with Gasteiger partial charge in [-0.1, -0.05) is 121 Å². The van der Waals surface area contributed by atoms with Gasteiger partial charge in [-0.2, -0.15) is 0 Å². The van der Waals surface area contributed by atoms with Crippen LogP contribution in [-0.2, 0) is 0 Å². The first-order valence-corrected chi connectivity index (χ1v) is 14.6. The van der Waals surface area contributed by atoms with Gasteiger partial charge in [0.2, 0.25) is 0 Å². The summed E-state index contributed by atoms with van der Waals surface area (Å²) in [5.41, 5.74) is 13.2. The standard InChI is InChI=1S/C41H30N2/c1-29-22-40(38-25-34(30-14-6-2-7-15-30)23-35(26-38)31-16-8-3-9-17-31)43-41(42-29)39-27-36(32-18-10-4-11-19-32)24-37(28-39)33-20-12-5-13-21-33/h2-28H,1H3. The Hall–Kier alpha value is -5.60. The fraction of sp³-hybridized carbons (Fsp3) is 0.0244. The van der Waals surface area contributed by atoms with Gasteiger partial charge in [-0.05, 0) is 93.9 Å². The number of hydrogen-bond acceptors (Lipinski definition) is 2. The van der Waals surface area contributed by atoms with E-state index in [2.05, 4.69) is 164 Å². The summed E-state index contributed by atoms with van der Waals surface area (Å²) in [5.74, 6) is 0.719. The van der Waals surface area contributed by atoms with Crippen molar-refractivity contribution in [3.63, 3.8) is 0 Å². The molecule has 43 heavy (non-hydrogen) atoms. The highest BCUT2D eigenvalue weighted by Gasteiger charge is 2.14. The van der Waals surface area contributed by atoms with Crippen molar-refractivity contribution in [2.45, 2.75) is 6.92 Å². The van der Waals surface area contributed by atoms with Gasteiger partial charge in [0.15, 0.2) is 5.82 Å². The molecule has 0 radical (unpaired) electrons. The van der Waals surface area contributed by atoms with E-state index in [1.165, 1.54) is 11.1 Å². The number of rotatable bonds is 6. The highest BCUT2D eigenvalue weighted by atomic mass is 14.9. The van der Waals surface area contributed by atoms with Gasteiger partial charge in [0.05, 0.1) is 5.69 Å². The highest BCUT2D eigenvalue weighted by molar-refractivity contribution is 5.82. The predicted octanol–water partition coefficient (Wildman–Crippen LogP) is 10.8. The monoisotopic (exact) mass is 550 g/mol. The fourth-order valence-corrected chi connectivity index (χ4v) is 5.57. The molecule has 1 heterocycles. The Labute approximate surface area is 253 Å². The second-order valence-electron chi connectivity index (χ2n) is 10.8. The molecule has 0 spiro atoms. The van der Waals surface area contributed by atoms with Crippen molar-refractivity contribution >= 4 is 0 Å². The normalized spacial score (nSPS) is 10.9. The first kappa shape index (κ1) is 26.3. The summed E-state index contributed by atoms with van der Waals surface area (Å²) >= 11 is 0. The van der Waals surface area contributed by atoms with Crippen molar-refractivity contribution in [2.24, 2.45) is 0 Å². The zero-order valence-electron chi connectivity index (χ0n) is 24.0. The number of hydrogen-bond donors (Lipinski definition) is 0. The lowest BCUT2D eigenvalue weighted by Gasteiger charge is -2.14. The highest BCUT2D eigenvalue weighted by Crippen LogP contribution is 2.35. The summed E-state index contributed by atoms with van der Waals surface area (Å²) in [7, 11) is 0. The maximum Gasteiger partial charge on any atom is 0.160 e. The molecule has 0 fully saturated rings. The minimum Gasteiger partial charge on any atom is -0.233 e. The fourth-order valence-electron chi connectivity index (χ4n) is 5.57. The molecule has 0 unspecified atom stereocenters. The molecule has 0 amide bonds. The van der Waals surface area contributed by atoms with Gasteiger partial charge in [0.1, 0.15) is 0 Å². The third-order valence-electron chi connectivity index (χ3n) is 7.70. The van der Waals surface area contributed by atoms with Crippen LogP contribution >= 0.6 is 0 Å². The second-order valence-corrected chi connectivity index (χ2v) is 10.8. The van der Waals surface area contributed by atoms with Crippen LogP contribution < -0.4 is 0 Å². The van der Waals surface area contributed by atoms with Gasteiger partial charge >= 0.3 is 0 Å². The van der Waals surface area contributed by atoms with Crippen LogP contribution in [-0.4, -0.2) is 9.97 Å². The Kier molecular flexibility index (Phi) is 7.17. The molecular formula is C41H30N2. The Morgan fingerprint density at radius 1 is 0.302 bits per heavy atom. The Morgan fingerprint density at radius 3 is 1.00 bits per heavy atom. The van der Waals surface area contributed by atoms with Crippen LogP contribution in [0.2, 0.25) is 0 Å². The maximum absolute atomic E-state index is 5.20. The van der Waals surface area contributed by atoms with Gasteiger partial charge in [-0.25, -0.2) is 9.97 Å². The summed E-state index contributed by atoms with van der Waals surface area (Å²) in [5, 5.41) is 0. The Bertz CT molecular complexity index is 1740. The first-order valence-electron chi connectivity index (χ1n) is 14.6. The number of benzene rings is 6. The van der Waals surface area contributed by atoms with Crippen molar-refractivity contribution in [2.75, 3.05) is 0 Å². The molecular weight excluding hydrogens is 520 g/mol. The molecule has 7 rings (SSSR count). The van der Waals surface area contributed by atoms with Crippen molar-refractivity contribution in [3.8, 4) is 67.2 Å². The van der Waals surface area contributed by atoms with Crippen molar-refractivity contribution in [1.29, 1.82) is 0 Å². The smallest absolute Gasteiger partial charge is 0.160 e. The SMILES string of the molecule is Cc1cc(-c2cc(-c3ccccc3)cc(-c3ccccc3)c2)nc(-c2cc(-c3ccccc3)cc(-c3ccccc3)c2)n1. The van der Waals surface area contributed by atoms with E-state index in [4.69, 9.17) is 9.97 Å². The zero-order chi connectivity index (χ0) is 29.0.